The Balaban J connectivity index is 2.86. The molecule has 60 valence electrons. The number of hydrogen-bond donors (Lipinski definition) is 1. The van der Waals surface area contributed by atoms with E-state index in [4.69, 9.17) is 5.73 Å². The van der Waals surface area contributed by atoms with E-state index in [1.165, 1.54) is 0 Å². The van der Waals surface area contributed by atoms with Gasteiger partial charge in [-0.05, 0) is 13.0 Å². The number of nitrogens with zero attached hydrogens (tertiary/aromatic N) is 2. The van der Waals surface area contributed by atoms with Gasteiger partial charge in [0, 0.05) is 24.4 Å². The molecule has 0 saturated heterocycles. The molecule has 1 unspecified atom stereocenters. The molecule has 0 aliphatic carbocycles. The van der Waals surface area contributed by atoms with Gasteiger partial charge in [-0.1, -0.05) is 6.92 Å². The molecule has 11 heavy (non-hydrogen) atoms. The second-order valence-corrected chi connectivity index (χ2v) is 2.69. The summed E-state index contributed by atoms with van der Waals surface area (Å²) in [4.78, 5) is 8.37. The summed E-state index contributed by atoms with van der Waals surface area (Å²) in [7, 11) is 0. The largest absolute Gasteiger partial charge is 0.330 e. The Kier molecular flexibility index (Phi) is 2.54. The fraction of sp³-hybridized carbons (Fsp3) is 0.500. The van der Waals surface area contributed by atoms with Crippen LogP contribution in [-0.4, -0.2) is 16.5 Å². The lowest BCUT2D eigenvalue weighted by Crippen LogP contribution is -2.12. The molecular weight excluding hydrogens is 138 g/mol. The molecule has 1 atom stereocenters. The van der Waals surface area contributed by atoms with Crippen LogP contribution in [-0.2, 0) is 0 Å². The summed E-state index contributed by atoms with van der Waals surface area (Å²) in [5.41, 5.74) is 6.47. The van der Waals surface area contributed by atoms with Gasteiger partial charge in [0.25, 0.3) is 0 Å². The van der Waals surface area contributed by atoms with Gasteiger partial charge in [-0.15, -0.1) is 0 Å². The van der Waals surface area contributed by atoms with Gasteiger partial charge < -0.3 is 5.73 Å². The molecule has 0 spiro atoms. The van der Waals surface area contributed by atoms with E-state index in [1.54, 1.807) is 6.20 Å². The van der Waals surface area contributed by atoms with Crippen LogP contribution in [0.2, 0.25) is 0 Å². The van der Waals surface area contributed by atoms with E-state index in [0.717, 1.165) is 11.5 Å². The standard InChI is InChI=1S/C8H13N3/c1-6(5-9)8-10-4-3-7(2)11-8/h3-4,6H,5,9H2,1-2H3. The Morgan fingerprint density at radius 2 is 2.36 bits per heavy atom. The van der Waals surface area contributed by atoms with Crippen molar-refractivity contribution in [3.8, 4) is 0 Å². The minimum atomic E-state index is 0.259. The molecule has 1 heterocycles. The van der Waals surface area contributed by atoms with Gasteiger partial charge in [0.05, 0.1) is 0 Å². The molecule has 0 saturated carbocycles. The van der Waals surface area contributed by atoms with Crippen LogP contribution < -0.4 is 5.73 Å². The third-order valence-electron chi connectivity index (χ3n) is 1.61. The summed E-state index contributed by atoms with van der Waals surface area (Å²) in [6.45, 7) is 4.58. The first-order valence-corrected chi connectivity index (χ1v) is 3.73. The smallest absolute Gasteiger partial charge is 0.132 e. The summed E-state index contributed by atoms with van der Waals surface area (Å²) >= 11 is 0. The summed E-state index contributed by atoms with van der Waals surface area (Å²) in [5, 5.41) is 0. The highest BCUT2D eigenvalue weighted by atomic mass is 14.9. The van der Waals surface area contributed by atoms with Gasteiger partial charge in [-0.2, -0.15) is 0 Å². The van der Waals surface area contributed by atoms with Crippen molar-refractivity contribution in [3.05, 3.63) is 23.8 Å². The molecule has 0 radical (unpaired) electrons. The highest BCUT2D eigenvalue weighted by Gasteiger charge is 2.04. The average Bonchev–Trinajstić information content (AvgIpc) is 2.03. The van der Waals surface area contributed by atoms with Gasteiger partial charge in [0.1, 0.15) is 5.82 Å². The fourth-order valence-corrected chi connectivity index (χ4v) is 0.811. The molecule has 0 amide bonds. The van der Waals surface area contributed by atoms with Crippen molar-refractivity contribution in [1.82, 2.24) is 9.97 Å². The van der Waals surface area contributed by atoms with Crippen LogP contribution in [0.1, 0.15) is 24.4 Å². The monoisotopic (exact) mass is 151 g/mol. The summed E-state index contributed by atoms with van der Waals surface area (Å²) in [6, 6.07) is 1.88. The SMILES string of the molecule is Cc1ccnc(C(C)CN)n1. The topological polar surface area (TPSA) is 51.8 Å². The van der Waals surface area contributed by atoms with E-state index in [-0.39, 0.29) is 5.92 Å². The minimum absolute atomic E-state index is 0.259. The van der Waals surface area contributed by atoms with E-state index in [9.17, 15) is 0 Å². The van der Waals surface area contributed by atoms with E-state index in [0.29, 0.717) is 6.54 Å². The van der Waals surface area contributed by atoms with Gasteiger partial charge in [0.2, 0.25) is 0 Å². The minimum Gasteiger partial charge on any atom is -0.330 e. The molecular formula is C8H13N3. The molecule has 0 aliphatic rings. The van der Waals surface area contributed by atoms with Crippen molar-refractivity contribution in [3.63, 3.8) is 0 Å². The Bertz CT molecular complexity index is 235. The van der Waals surface area contributed by atoms with Crippen molar-refractivity contribution >= 4 is 0 Å². The normalized spacial score (nSPS) is 13.0. The number of aromatic nitrogens is 2. The Morgan fingerprint density at radius 3 is 2.91 bits per heavy atom. The number of rotatable bonds is 2. The number of hydrogen-bond acceptors (Lipinski definition) is 3. The van der Waals surface area contributed by atoms with Crippen LogP contribution in [0.3, 0.4) is 0 Å². The Labute approximate surface area is 66.7 Å². The predicted molar refractivity (Wildman–Crippen MR) is 44.2 cm³/mol. The first-order chi connectivity index (χ1) is 5.24. The van der Waals surface area contributed by atoms with Crippen molar-refractivity contribution in [1.29, 1.82) is 0 Å². The molecule has 1 rings (SSSR count). The summed E-state index contributed by atoms with van der Waals surface area (Å²) in [5.74, 6) is 1.10. The zero-order valence-corrected chi connectivity index (χ0v) is 6.91. The van der Waals surface area contributed by atoms with Gasteiger partial charge in [0.15, 0.2) is 0 Å². The lowest BCUT2D eigenvalue weighted by atomic mass is 10.1. The van der Waals surface area contributed by atoms with Crippen LogP contribution in [0.25, 0.3) is 0 Å². The first kappa shape index (κ1) is 8.14. The Morgan fingerprint density at radius 1 is 1.64 bits per heavy atom. The third-order valence-corrected chi connectivity index (χ3v) is 1.61. The summed E-state index contributed by atoms with van der Waals surface area (Å²) in [6.07, 6.45) is 1.77. The van der Waals surface area contributed by atoms with Crippen LogP contribution in [0, 0.1) is 6.92 Å². The van der Waals surface area contributed by atoms with Crippen molar-refractivity contribution in [2.45, 2.75) is 19.8 Å². The second-order valence-electron chi connectivity index (χ2n) is 2.69. The Hall–Kier alpha value is -0.960. The average molecular weight is 151 g/mol. The molecule has 3 heteroatoms. The predicted octanol–water partition coefficient (Wildman–Crippen LogP) is 0.847. The molecule has 0 aromatic carbocycles. The van der Waals surface area contributed by atoms with Crippen molar-refractivity contribution in [2.24, 2.45) is 5.73 Å². The first-order valence-electron chi connectivity index (χ1n) is 3.73. The molecule has 2 N–H and O–H groups in total. The lowest BCUT2D eigenvalue weighted by molar-refractivity contribution is 0.706. The molecule has 1 aromatic rings. The zero-order chi connectivity index (χ0) is 8.27. The lowest BCUT2D eigenvalue weighted by Gasteiger charge is -2.05. The maximum atomic E-state index is 5.47. The summed E-state index contributed by atoms with van der Waals surface area (Å²) < 4.78 is 0. The quantitative estimate of drug-likeness (QED) is 0.681. The van der Waals surface area contributed by atoms with Crippen molar-refractivity contribution in [2.75, 3.05) is 6.54 Å². The van der Waals surface area contributed by atoms with Gasteiger partial charge >= 0.3 is 0 Å². The molecule has 0 fully saturated rings. The van der Waals surface area contributed by atoms with Gasteiger partial charge in [-0.25, -0.2) is 9.97 Å². The van der Waals surface area contributed by atoms with Crippen LogP contribution in [0.5, 0.6) is 0 Å². The van der Waals surface area contributed by atoms with Crippen LogP contribution >= 0.6 is 0 Å². The molecule has 1 aromatic heterocycles. The van der Waals surface area contributed by atoms with E-state index in [1.807, 2.05) is 19.9 Å². The highest BCUT2D eigenvalue weighted by Crippen LogP contribution is 2.06. The molecule has 0 bridgehead atoms. The zero-order valence-electron chi connectivity index (χ0n) is 6.91. The van der Waals surface area contributed by atoms with Crippen LogP contribution in [0.15, 0.2) is 12.3 Å². The van der Waals surface area contributed by atoms with E-state index >= 15 is 0 Å². The van der Waals surface area contributed by atoms with E-state index in [2.05, 4.69) is 9.97 Å². The fourth-order valence-electron chi connectivity index (χ4n) is 0.811. The second kappa shape index (κ2) is 3.44. The van der Waals surface area contributed by atoms with Gasteiger partial charge in [-0.3, -0.25) is 0 Å². The van der Waals surface area contributed by atoms with Crippen LogP contribution in [0.4, 0.5) is 0 Å². The van der Waals surface area contributed by atoms with E-state index < -0.39 is 0 Å². The molecule has 0 aliphatic heterocycles. The van der Waals surface area contributed by atoms with Crippen molar-refractivity contribution < 1.29 is 0 Å². The molecule has 3 nitrogen and oxygen atoms in total. The maximum absolute atomic E-state index is 5.47. The highest BCUT2D eigenvalue weighted by molar-refractivity contribution is 5.03. The third kappa shape index (κ3) is 1.98. The number of nitrogens with two attached hydrogens (primary N) is 1. The maximum Gasteiger partial charge on any atom is 0.132 e. The number of aryl methyl sites for hydroxylation is 1.